The summed E-state index contributed by atoms with van der Waals surface area (Å²) in [5.41, 5.74) is 3.93. The van der Waals surface area contributed by atoms with Crippen molar-refractivity contribution in [3.8, 4) is 11.5 Å². The molecule has 0 aliphatic carbocycles. The Hall–Kier alpha value is -2.28. The third-order valence-electron chi connectivity index (χ3n) is 3.04. The van der Waals surface area contributed by atoms with Crippen LogP contribution in [0.25, 0.3) is 0 Å². The summed E-state index contributed by atoms with van der Waals surface area (Å²) in [7, 11) is 3.20. The molecule has 0 bridgehead atoms. The second-order valence-corrected chi connectivity index (χ2v) is 4.61. The van der Waals surface area contributed by atoms with Gasteiger partial charge in [-0.05, 0) is 31.5 Å². The normalized spacial score (nSPS) is 18.4. The molecule has 7 heteroatoms. The van der Waals surface area contributed by atoms with Gasteiger partial charge in [-0.1, -0.05) is 6.07 Å². The minimum atomic E-state index is -0.433. The molecule has 1 atom stereocenters. The van der Waals surface area contributed by atoms with Crippen LogP contribution in [-0.2, 0) is 0 Å². The lowest BCUT2D eigenvalue weighted by Crippen LogP contribution is -2.34. The maximum absolute atomic E-state index is 11.1. The van der Waals surface area contributed by atoms with E-state index in [2.05, 4.69) is 5.43 Å². The topological polar surface area (TPSA) is 76.9 Å². The molecule has 0 aromatic heterocycles. The van der Waals surface area contributed by atoms with Crippen LogP contribution in [0, 0.1) is 17.0 Å². The zero-order chi connectivity index (χ0) is 14.9. The van der Waals surface area contributed by atoms with E-state index in [4.69, 9.17) is 9.47 Å². The fourth-order valence-electron chi connectivity index (χ4n) is 2.09. The molecule has 2 rings (SSSR count). The van der Waals surface area contributed by atoms with Crippen LogP contribution in [0.2, 0.25) is 0 Å². The van der Waals surface area contributed by atoms with Crippen molar-refractivity contribution in [2.45, 2.75) is 19.9 Å². The quantitative estimate of drug-likeness (QED) is 0.667. The van der Waals surface area contributed by atoms with Crippen molar-refractivity contribution >= 4 is 0 Å². The average Bonchev–Trinajstić information content (AvgIpc) is 2.66. The van der Waals surface area contributed by atoms with E-state index >= 15 is 0 Å². The molecule has 1 aromatic rings. The minimum Gasteiger partial charge on any atom is -0.493 e. The Balaban J connectivity index is 2.39. The van der Waals surface area contributed by atoms with Gasteiger partial charge in [0.15, 0.2) is 11.5 Å². The third kappa shape index (κ3) is 2.53. The van der Waals surface area contributed by atoms with Gasteiger partial charge < -0.3 is 9.47 Å². The Labute approximate surface area is 116 Å². The number of hydrazine groups is 1. The van der Waals surface area contributed by atoms with Gasteiger partial charge in [0.1, 0.15) is 6.04 Å². The number of nitro groups is 1. The number of rotatable bonds is 4. The van der Waals surface area contributed by atoms with Crippen LogP contribution in [0.5, 0.6) is 11.5 Å². The van der Waals surface area contributed by atoms with Gasteiger partial charge in [0, 0.05) is 7.05 Å². The summed E-state index contributed by atoms with van der Waals surface area (Å²) in [6.07, 6.45) is 0. The van der Waals surface area contributed by atoms with Crippen molar-refractivity contribution in [1.29, 1.82) is 0 Å². The molecule has 0 amide bonds. The summed E-state index contributed by atoms with van der Waals surface area (Å²) in [5, 5.41) is 12.6. The lowest BCUT2D eigenvalue weighted by Gasteiger charge is -2.17. The highest BCUT2D eigenvalue weighted by atomic mass is 16.6. The molecule has 0 saturated carbocycles. The second-order valence-electron chi connectivity index (χ2n) is 4.61. The largest absolute Gasteiger partial charge is 0.493 e. The lowest BCUT2D eigenvalue weighted by molar-refractivity contribution is -0.430. The molecule has 1 unspecified atom stereocenters. The molecule has 108 valence electrons. The predicted octanol–water partition coefficient (Wildman–Crippen LogP) is 1.67. The first-order valence-corrected chi connectivity index (χ1v) is 6.15. The molecular formula is C13H17N3O4. The number of ether oxygens (including phenoxy) is 2. The van der Waals surface area contributed by atoms with E-state index < -0.39 is 11.0 Å². The molecule has 1 heterocycles. The van der Waals surface area contributed by atoms with Crippen molar-refractivity contribution < 1.29 is 14.4 Å². The van der Waals surface area contributed by atoms with E-state index in [0.717, 1.165) is 5.56 Å². The Morgan fingerprint density at radius 3 is 2.70 bits per heavy atom. The fraction of sp³-hybridized carbons (Fsp3) is 0.385. The molecule has 0 fully saturated rings. The molecule has 1 aromatic carbocycles. The van der Waals surface area contributed by atoms with Crippen molar-refractivity contribution in [2.75, 3.05) is 14.2 Å². The molecule has 0 saturated heterocycles. The summed E-state index contributed by atoms with van der Waals surface area (Å²) in [6.45, 7) is 3.64. The van der Waals surface area contributed by atoms with Gasteiger partial charge in [-0.25, -0.2) is 5.43 Å². The first-order chi connectivity index (χ1) is 9.43. The highest BCUT2D eigenvalue weighted by Gasteiger charge is 2.37. The Kier molecular flexibility index (Phi) is 3.80. The predicted molar refractivity (Wildman–Crippen MR) is 72.7 cm³/mol. The Morgan fingerprint density at radius 1 is 1.40 bits per heavy atom. The van der Waals surface area contributed by atoms with Gasteiger partial charge in [0.2, 0.25) is 0 Å². The van der Waals surface area contributed by atoms with E-state index in [-0.39, 0.29) is 11.6 Å². The monoisotopic (exact) mass is 279 g/mol. The first kappa shape index (κ1) is 14.1. The Morgan fingerprint density at radius 2 is 2.10 bits per heavy atom. The van der Waals surface area contributed by atoms with Crippen LogP contribution in [0.4, 0.5) is 0 Å². The van der Waals surface area contributed by atoms with Gasteiger partial charge >= 0.3 is 5.70 Å². The van der Waals surface area contributed by atoms with Gasteiger partial charge in [-0.2, -0.15) is 0 Å². The van der Waals surface area contributed by atoms with Crippen LogP contribution in [0.1, 0.15) is 12.5 Å². The van der Waals surface area contributed by atoms with E-state index in [9.17, 15) is 10.1 Å². The summed E-state index contributed by atoms with van der Waals surface area (Å²) >= 11 is 0. The summed E-state index contributed by atoms with van der Waals surface area (Å²) in [5.74, 6) is 1.15. The zero-order valence-corrected chi connectivity index (χ0v) is 11.8. The van der Waals surface area contributed by atoms with Gasteiger partial charge in [0.05, 0.1) is 12.0 Å². The minimum absolute atomic E-state index is 0.00451. The van der Waals surface area contributed by atoms with Crippen molar-refractivity contribution in [2.24, 2.45) is 0 Å². The maximum atomic E-state index is 11.1. The van der Waals surface area contributed by atoms with E-state index in [1.54, 1.807) is 20.0 Å². The van der Waals surface area contributed by atoms with Crippen LogP contribution in [0.3, 0.4) is 0 Å². The molecular weight excluding hydrogens is 262 g/mol. The maximum Gasteiger partial charge on any atom is 0.325 e. The molecule has 1 aliphatic rings. The van der Waals surface area contributed by atoms with E-state index in [0.29, 0.717) is 11.5 Å². The number of nitrogens with one attached hydrogen (secondary N) is 1. The van der Waals surface area contributed by atoms with Gasteiger partial charge in [0.25, 0.3) is 5.88 Å². The standard InChI is InChI=1S/C13H17N3O4/c1-8-5-6-10(11(7-8)19-4)20-13-12(16(17)18)9(2)14-15(13)3/h5-7,9,14H,1-4H3. The molecule has 0 radical (unpaired) electrons. The van der Waals surface area contributed by atoms with Crippen molar-refractivity contribution in [1.82, 2.24) is 10.4 Å². The SMILES string of the molecule is COc1cc(C)ccc1OC1=C([N+](=O)[O-])C(C)NN1C. The zero-order valence-electron chi connectivity index (χ0n) is 11.8. The average molecular weight is 279 g/mol. The number of hydrogen-bond donors (Lipinski definition) is 1. The molecule has 20 heavy (non-hydrogen) atoms. The first-order valence-electron chi connectivity index (χ1n) is 6.15. The van der Waals surface area contributed by atoms with Gasteiger partial charge in [-0.15, -0.1) is 0 Å². The lowest BCUT2D eigenvalue weighted by atomic mass is 10.2. The number of benzene rings is 1. The second kappa shape index (κ2) is 5.38. The Bertz CT molecular complexity index is 571. The van der Waals surface area contributed by atoms with Crippen LogP contribution in [0.15, 0.2) is 29.8 Å². The number of methoxy groups -OCH3 is 1. The highest BCUT2D eigenvalue weighted by molar-refractivity contribution is 5.43. The van der Waals surface area contributed by atoms with Gasteiger partial charge in [-0.3, -0.25) is 15.1 Å². The number of aryl methyl sites for hydroxylation is 1. The number of nitrogens with zero attached hydrogens (tertiary/aromatic N) is 2. The van der Waals surface area contributed by atoms with Crippen molar-refractivity contribution in [3.63, 3.8) is 0 Å². The molecule has 1 aliphatic heterocycles. The summed E-state index contributed by atoms with van der Waals surface area (Å²) < 4.78 is 10.9. The van der Waals surface area contributed by atoms with Crippen LogP contribution in [-0.4, -0.2) is 30.1 Å². The van der Waals surface area contributed by atoms with Crippen molar-refractivity contribution in [3.05, 3.63) is 45.5 Å². The summed E-state index contributed by atoms with van der Waals surface area (Å²) in [4.78, 5) is 10.7. The van der Waals surface area contributed by atoms with Crippen LogP contribution >= 0.6 is 0 Å². The van der Waals surface area contributed by atoms with E-state index in [1.807, 2.05) is 19.1 Å². The number of hydrogen-bond acceptors (Lipinski definition) is 6. The molecule has 1 N–H and O–H groups in total. The fourth-order valence-corrected chi connectivity index (χ4v) is 2.09. The highest BCUT2D eigenvalue weighted by Crippen LogP contribution is 2.32. The molecule has 0 spiro atoms. The van der Waals surface area contributed by atoms with E-state index in [1.165, 1.54) is 12.1 Å². The third-order valence-corrected chi connectivity index (χ3v) is 3.04. The summed E-state index contributed by atoms with van der Waals surface area (Å²) in [6, 6.07) is 4.99. The van der Waals surface area contributed by atoms with Crippen LogP contribution < -0.4 is 14.9 Å². The molecule has 7 nitrogen and oxygen atoms in total. The smallest absolute Gasteiger partial charge is 0.325 e.